The van der Waals surface area contributed by atoms with Crippen LogP contribution in [-0.2, 0) is 14.8 Å². The zero-order chi connectivity index (χ0) is 19.2. The van der Waals surface area contributed by atoms with Crippen LogP contribution in [0.3, 0.4) is 0 Å². The van der Waals surface area contributed by atoms with Crippen LogP contribution in [0, 0.1) is 5.82 Å². The highest BCUT2D eigenvalue weighted by Crippen LogP contribution is 2.15. The average Bonchev–Trinajstić information content (AvgIpc) is 2.62. The van der Waals surface area contributed by atoms with E-state index in [9.17, 15) is 17.6 Å². The van der Waals surface area contributed by atoms with Gasteiger partial charge in [-0.05, 0) is 48.5 Å². The molecule has 0 heterocycles. The van der Waals surface area contributed by atoms with Crippen molar-refractivity contribution in [2.45, 2.75) is 11.3 Å². The number of esters is 1. The number of benzene rings is 2. The molecule has 26 heavy (non-hydrogen) atoms. The van der Waals surface area contributed by atoms with Crippen molar-refractivity contribution in [3.05, 3.63) is 59.9 Å². The highest BCUT2D eigenvalue weighted by molar-refractivity contribution is 7.89. The van der Waals surface area contributed by atoms with Crippen molar-refractivity contribution in [1.29, 1.82) is 0 Å². The molecule has 0 unspecified atom stereocenters. The van der Waals surface area contributed by atoms with E-state index >= 15 is 0 Å². The molecule has 2 rings (SSSR count). The summed E-state index contributed by atoms with van der Waals surface area (Å²) in [5, 5.41) is 0. The molecule has 0 aliphatic rings. The first-order chi connectivity index (χ1) is 12.3. The number of nitrogens with zero attached hydrogens (tertiary/aromatic N) is 1. The number of rotatable bonds is 8. The molecule has 0 radical (unpaired) electrons. The first-order valence-electron chi connectivity index (χ1n) is 7.89. The van der Waals surface area contributed by atoms with Gasteiger partial charge in [0.2, 0.25) is 10.0 Å². The van der Waals surface area contributed by atoms with Gasteiger partial charge in [-0.25, -0.2) is 21.9 Å². The van der Waals surface area contributed by atoms with Crippen molar-refractivity contribution < 1.29 is 27.1 Å². The molecule has 0 aliphatic heterocycles. The minimum Gasteiger partial charge on any atom is -0.493 e. The number of hydrogen-bond acceptors (Lipinski definition) is 5. The maximum atomic E-state index is 12.8. The molecule has 0 bridgehead atoms. The Kier molecular flexibility index (Phi) is 6.70. The van der Waals surface area contributed by atoms with Gasteiger partial charge in [0.15, 0.2) is 0 Å². The lowest BCUT2D eigenvalue weighted by Gasteiger charge is -2.11. The fourth-order valence-electron chi connectivity index (χ4n) is 2.00. The molecule has 0 saturated heterocycles. The third-order valence-corrected chi connectivity index (χ3v) is 5.30. The lowest BCUT2D eigenvalue weighted by molar-refractivity contribution is 0.0486. The average molecular weight is 381 g/mol. The summed E-state index contributed by atoms with van der Waals surface area (Å²) in [6.45, 7) is 0.469. The quantitative estimate of drug-likeness (QED) is 0.519. The van der Waals surface area contributed by atoms with E-state index in [0.717, 1.165) is 4.31 Å². The summed E-state index contributed by atoms with van der Waals surface area (Å²) in [4.78, 5) is 12.0. The van der Waals surface area contributed by atoms with Crippen molar-refractivity contribution in [1.82, 2.24) is 4.31 Å². The van der Waals surface area contributed by atoms with Gasteiger partial charge >= 0.3 is 5.97 Å². The Balaban J connectivity index is 1.78. The first kappa shape index (κ1) is 19.9. The molecule has 0 aromatic heterocycles. The minimum absolute atomic E-state index is 0.103. The number of halogens is 1. The lowest BCUT2D eigenvalue weighted by Crippen LogP contribution is -2.22. The summed E-state index contributed by atoms with van der Waals surface area (Å²) >= 11 is 0. The monoisotopic (exact) mass is 381 g/mol. The van der Waals surface area contributed by atoms with Crippen molar-refractivity contribution in [3.8, 4) is 5.75 Å². The number of carbonyl (C=O) groups excluding carboxylic acids is 1. The van der Waals surface area contributed by atoms with Gasteiger partial charge in [-0.15, -0.1) is 0 Å². The van der Waals surface area contributed by atoms with Gasteiger partial charge in [-0.3, -0.25) is 0 Å². The molecular formula is C18H20FNO5S. The summed E-state index contributed by atoms with van der Waals surface area (Å²) < 4.78 is 48.3. The Morgan fingerprint density at radius 2 is 1.62 bits per heavy atom. The number of carbonyl (C=O) groups is 1. The summed E-state index contributed by atoms with van der Waals surface area (Å²) in [5.74, 6) is -0.341. The zero-order valence-corrected chi connectivity index (χ0v) is 15.3. The molecule has 140 valence electrons. The van der Waals surface area contributed by atoms with Crippen molar-refractivity contribution in [3.63, 3.8) is 0 Å². The number of sulfonamides is 1. The smallest absolute Gasteiger partial charge is 0.338 e. The third-order valence-electron chi connectivity index (χ3n) is 3.47. The van der Waals surface area contributed by atoms with Gasteiger partial charge in [0, 0.05) is 20.5 Å². The topological polar surface area (TPSA) is 72.9 Å². The normalized spacial score (nSPS) is 11.4. The van der Waals surface area contributed by atoms with E-state index in [0.29, 0.717) is 18.8 Å². The molecule has 2 aromatic carbocycles. The van der Waals surface area contributed by atoms with Gasteiger partial charge in [0.1, 0.15) is 11.6 Å². The Bertz CT molecular complexity index is 833. The molecule has 2 aromatic rings. The van der Waals surface area contributed by atoms with Gasteiger partial charge in [0.05, 0.1) is 23.7 Å². The summed E-state index contributed by atoms with van der Waals surface area (Å²) in [6.07, 6.45) is 0.468. The van der Waals surface area contributed by atoms with Crippen molar-refractivity contribution >= 4 is 16.0 Å². The van der Waals surface area contributed by atoms with Gasteiger partial charge in [0.25, 0.3) is 0 Å². The molecule has 0 saturated carbocycles. The largest absolute Gasteiger partial charge is 0.493 e. The molecule has 0 atom stereocenters. The predicted octanol–water partition coefficient (Wildman–Crippen LogP) is 2.70. The van der Waals surface area contributed by atoms with Crippen LogP contribution in [-0.4, -0.2) is 46.0 Å². The van der Waals surface area contributed by atoms with Crippen molar-refractivity contribution in [2.24, 2.45) is 0 Å². The Morgan fingerprint density at radius 3 is 2.19 bits per heavy atom. The fraction of sp³-hybridized carbons (Fsp3) is 0.278. The van der Waals surface area contributed by atoms with Crippen LogP contribution in [0.25, 0.3) is 0 Å². The summed E-state index contributed by atoms with van der Waals surface area (Å²) in [7, 11) is -0.659. The van der Waals surface area contributed by atoms with E-state index in [2.05, 4.69) is 0 Å². The molecular weight excluding hydrogens is 361 g/mol. The van der Waals surface area contributed by atoms with Gasteiger partial charge in [-0.2, -0.15) is 0 Å². The summed E-state index contributed by atoms with van der Waals surface area (Å²) in [5.41, 5.74) is 0.266. The second kappa shape index (κ2) is 8.77. The van der Waals surface area contributed by atoms with Crippen LogP contribution in [0.4, 0.5) is 4.39 Å². The minimum atomic E-state index is -3.53. The second-order valence-electron chi connectivity index (χ2n) is 5.60. The lowest BCUT2D eigenvalue weighted by atomic mass is 10.2. The van der Waals surface area contributed by atoms with Crippen LogP contribution in [0.5, 0.6) is 5.75 Å². The van der Waals surface area contributed by atoms with E-state index in [-0.39, 0.29) is 22.9 Å². The third kappa shape index (κ3) is 5.27. The molecule has 0 amide bonds. The van der Waals surface area contributed by atoms with Crippen molar-refractivity contribution in [2.75, 3.05) is 27.3 Å². The molecule has 8 heteroatoms. The van der Waals surface area contributed by atoms with E-state index in [1.807, 2.05) is 0 Å². The Morgan fingerprint density at radius 1 is 1.00 bits per heavy atom. The Hall–Kier alpha value is -2.45. The van der Waals surface area contributed by atoms with E-state index in [1.165, 1.54) is 62.6 Å². The highest BCUT2D eigenvalue weighted by atomic mass is 32.2. The molecule has 6 nitrogen and oxygen atoms in total. The molecule has 0 spiro atoms. The number of ether oxygens (including phenoxy) is 2. The number of hydrogen-bond donors (Lipinski definition) is 0. The molecule has 0 N–H and O–H groups in total. The van der Waals surface area contributed by atoms with E-state index < -0.39 is 16.0 Å². The van der Waals surface area contributed by atoms with E-state index in [4.69, 9.17) is 9.47 Å². The van der Waals surface area contributed by atoms with Crippen LogP contribution in [0.1, 0.15) is 16.8 Å². The van der Waals surface area contributed by atoms with Crippen LogP contribution in [0.15, 0.2) is 53.4 Å². The second-order valence-corrected chi connectivity index (χ2v) is 7.76. The van der Waals surface area contributed by atoms with E-state index in [1.54, 1.807) is 0 Å². The maximum absolute atomic E-state index is 12.8. The summed E-state index contributed by atoms with van der Waals surface area (Å²) in [6, 6.07) is 11.2. The van der Waals surface area contributed by atoms with Crippen LogP contribution in [0.2, 0.25) is 0 Å². The van der Waals surface area contributed by atoms with Crippen LogP contribution >= 0.6 is 0 Å². The van der Waals surface area contributed by atoms with Crippen LogP contribution < -0.4 is 4.74 Å². The Labute approximate surface area is 152 Å². The highest BCUT2D eigenvalue weighted by Gasteiger charge is 2.17. The predicted molar refractivity (Wildman–Crippen MR) is 94.1 cm³/mol. The van der Waals surface area contributed by atoms with Gasteiger partial charge in [-0.1, -0.05) is 0 Å². The van der Waals surface area contributed by atoms with Gasteiger partial charge < -0.3 is 9.47 Å². The molecule has 0 aliphatic carbocycles. The SMILES string of the molecule is CN(C)S(=O)(=O)c1ccc(C(=O)OCCCOc2ccc(F)cc2)cc1. The standard InChI is InChI=1S/C18H20FNO5S/c1-20(2)26(22,23)17-10-4-14(5-11-17)18(21)25-13-3-12-24-16-8-6-15(19)7-9-16/h4-11H,3,12-13H2,1-2H3. The maximum Gasteiger partial charge on any atom is 0.338 e. The first-order valence-corrected chi connectivity index (χ1v) is 9.33. The molecule has 0 fully saturated rings. The zero-order valence-electron chi connectivity index (χ0n) is 14.5. The fourth-order valence-corrected chi connectivity index (χ4v) is 2.90.